The number of aryl methyl sites for hydroxylation is 2. The van der Waals surface area contributed by atoms with E-state index in [0.29, 0.717) is 31.6 Å². The number of aliphatic carboxylic acids is 1. The Morgan fingerprint density at radius 2 is 1.83 bits per heavy atom. The predicted molar refractivity (Wildman–Crippen MR) is 129 cm³/mol. The largest absolute Gasteiger partial charge is 0.480 e. The fraction of sp³-hybridized carbons (Fsp3) is 0.423. The molecule has 1 aliphatic rings. The first-order chi connectivity index (χ1) is 17.0. The molecule has 0 radical (unpaired) electrons. The highest BCUT2D eigenvalue weighted by molar-refractivity contribution is 6.02. The molecule has 2 amide bonds. The highest BCUT2D eigenvalue weighted by Crippen LogP contribution is 2.29. The van der Waals surface area contributed by atoms with E-state index < -0.39 is 30.6 Å². The Morgan fingerprint density at radius 3 is 2.57 bits per heavy atom. The molecule has 3 rings (SSSR count). The highest BCUT2D eigenvalue weighted by Gasteiger charge is 2.37. The molecule has 0 bridgehead atoms. The zero-order valence-electron chi connectivity index (χ0n) is 19.9. The van der Waals surface area contributed by atoms with Gasteiger partial charge in [-0.1, -0.05) is 48.5 Å². The van der Waals surface area contributed by atoms with E-state index in [1.807, 2.05) is 42.5 Å². The van der Waals surface area contributed by atoms with Gasteiger partial charge in [-0.15, -0.1) is 0 Å². The van der Waals surface area contributed by atoms with Crippen LogP contribution in [0.2, 0.25) is 0 Å². The number of nitrogens with zero attached hydrogens (tertiary/aromatic N) is 2. The van der Waals surface area contributed by atoms with E-state index in [9.17, 15) is 19.5 Å². The van der Waals surface area contributed by atoms with E-state index in [1.54, 1.807) is 19.2 Å². The molecule has 9 heteroatoms. The minimum Gasteiger partial charge on any atom is -0.480 e. The molecule has 0 spiro atoms. The van der Waals surface area contributed by atoms with Crippen LogP contribution in [0, 0.1) is 0 Å². The van der Waals surface area contributed by atoms with Gasteiger partial charge in [0, 0.05) is 19.3 Å². The summed E-state index contributed by atoms with van der Waals surface area (Å²) < 4.78 is 15.5. The number of rotatable bonds is 12. The van der Waals surface area contributed by atoms with Gasteiger partial charge in [-0.3, -0.25) is 19.4 Å². The molecule has 0 aromatic heterocycles. The van der Waals surface area contributed by atoms with E-state index in [1.165, 1.54) is 9.80 Å². The van der Waals surface area contributed by atoms with Gasteiger partial charge in [-0.05, 0) is 42.9 Å². The Bertz CT molecular complexity index is 983. The van der Waals surface area contributed by atoms with Crippen LogP contribution in [0.15, 0.2) is 54.6 Å². The molecule has 2 aromatic rings. The maximum Gasteiger partial charge on any atom is 0.412 e. The monoisotopic (exact) mass is 484 g/mol. The molecular weight excluding hydrogens is 452 g/mol. The molecular formula is C26H32N2O7. The number of carboxylic acids is 1. The van der Waals surface area contributed by atoms with Crippen molar-refractivity contribution < 1.29 is 33.7 Å². The van der Waals surface area contributed by atoms with E-state index in [4.69, 9.17) is 14.2 Å². The summed E-state index contributed by atoms with van der Waals surface area (Å²) in [5, 5.41) is 9.46. The first-order valence-corrected chi connectivity index (χ1v) is 11.7. The van der Waals surface area contributed by atoms with Gasteiger partial charge in [-0.2, -0.15) is 0 Å². The summed E-state index contributed by atoms with van der Waals surface area (Å²) in [6, 6.07) is 16.2. The van der Waals surface area contributed by atoms with E-state index in [-0.39, 0.29) is 19.9 Å². The van der Waals surface area contributed by atoms with E-state index in [0.717, 1.165) is 17.5 Å². The Kier molecular flexibility index (Phi) is 10.1. The van der Waals surface area contributed by atoms with Gasteiger partial charge in [0.25, 0.3) is 0 Å². The third-order valence-corrected chi connectivity index (χ3v) is 5.83. The van der Waals surface area contributed by atoms with Crippen molar-refractivity contribution in [3.05, 3.63) is 65.7 Å². The summed E-state index contributed by atoms with van der Waals surface area (Å²) in [5.74, 6) is -1.56. The molecule has 35 heavy (non-hydrogen) atoms. The van der Waals surface area contributed by atoms with Gasteiger partial charge in [-0.25, -0.2) is 4.79 Å². The van der Waals surface area contributed by atoms with Gasteiger partial charge in [0.2, 0.25) is 5.91 Å². The quantitative estimate of drug-likeness (QED) is 0.364. The minimum atomic E-state index is -1.13. The molecule has 9 nitrogen and oxygen atoms in total. The highest BCUT2D eigenvalue weighted by atomic mass is 16.7. The Balaban J connectivity index is 1.78. The fourth-order valence-electron chi connectivity index (χ4n) is 4.14. The van der Waals surface area contributed by atoms with Crippen LogP contribution < -0.4 is 4.90 Å². The number of methoxy groups -OCH3 is 1. The van der Waals surface area contributed by atoms with Crippen LogP contribution in [0.1, 0.15) is 24.0 Å². The lowest BCUT2D eigenvalue weighted by Gasteiger charge is -2.32. The summed E-state index contributed by atoms with van der Waals surface area (Å²) in [5.41, 5.74) is 2.55. The van der Waals surface area contributed by atoms with Crippen LogP contribution in [-0.2, 0) is 36.6 Å². The molecule has 0 saturated heterocycles. The van der Waals surface area contributed by atoms with E-state index >= 15 is 0 Å². The van der Waals surface area contributed by atoms with Crippen molar-refractivity contribution in [2.45, 2.75) is 31.7 Å². The third-order valence-electron chi connectivity index (χ3n) is 5.83. The molecule has 1 atom stereocenters. The second-order valence-electron chi connectivity index (χ2n) is 8.21. The van der Waals surface area contributed by atoms with Crippen LogP contribution in [0.5, 0.6) is 0 Å². The van der Waals surface area contributed by atoms with Crippen LogP contribution in [0.25, 0.3) is 0 Å². The zero-order chi connectivity index (χ0) is 25.0. The van der Waals surface area contributed by atoms with Crippen LogP contribution in [0.3, 0.4) is 0 Å². The molecule has 1 heterocycles. The van der Waals surface area contributed by atoms with Crippen LogP contribution >= 0.6 is 0 Å². The van der Waals surface area contributed by atoms with Gasteiger partial charge < -0.3 is 19.3 Å². The average Bonchev–Trinajstić information content (AvgIpc) is 2.99. The lowest BCUT2D eigenvalue weighted by molar-refractivity contribution is -0.137. The Hall–Kier alpha value is -3.43. The molecule has 0 saturated carbocycles. The first kappa shape index (κ1) is 26.2. The maximum absolute atomic E-state index is 13.6. The normalized spacial score (nSPS) is 15.3. The summed E-state index contributed by atoms with van der Waals surface area (Å²) in [6.07, 6.45) is 1.54. The molecule has 0 unspecified atom stereocenters. The fourth-order valence-corrected chi connectivity index (χ4v) is 4.14. The Labute approximate surface area is 205 Å². The standard InChI is InChI=1S/C26H32N2O7/c1-33-16-17-34-19-35-26(32)27(15-7-10-20-8-3-2-4-9-20)23-14-13-21-11-5-6-12-22(21)28(25(23)31)18-24(29)30/h2-6,8-9,11-12,23H,7,10,13-19H2,1H3,(H,29,30)/t23-/m0/s1. The first-order valence-electron chi connectivity index (χ1n) is 11.7. The topological polar surface area (TPSA) is 106 Å². The molecule has 188 valence electrons. The number of para-hydroxylation sites is 1. The van der Waals surface area contributed by atoms with Crippen molar-refractivity contribution in [3.63, 3.8) is 0 Å². The summed E-state index contributed by atoms with van der Waals surface area (Å²) in [6.45, 7) is 0.153. The van der Waals surface area contributed by atoms with Crippen molar-refractivity contribution >= 4 is 23.7 Å². The number of carboxylic acid groups (broad SMARTS) is 1. The van der Waals surface area contributed by atoms with Crippen LogP contribution in [-0.4, -0.2) is 74.2 Å². The van der Waals surface area contributed by atoms with E-state index in [2.05, 4.69) is 0 Å². The summed E-state index contributed by atoms with van der Waals surface area (Å²) in [7, 11) is 1.54. The van der Waals surface area contributed by atoms with Gasteiger partial charge in [0.1, 0.15) is 12.6 Å². The predicted octanol–water partition coefficient (Wildman–Crippen LogP) is 3.11. The molecule has 1 aliphatic heterocycles. The maximum atomic E-state index is 13.6. The second-order valence-corrected chi connectivity index (χ2v) is 8.21. The van der Waals surface area contributed by atoms with Crippen molar-refractivity contribution in [3.8, 4) is 0 Å². The number of ether oxygens (including phenoxy) is 3. The summed E-state index contributed by atoms with van der Waals surface area (Å²) in [4.78, 5) is 40.9. The third kappa shape index (κ3) is 7.53. The molecule has 2 aromatic carbocycles. The molecule has 0 fully saturated rings. The van der Waals surface area contributed by atoms with Crippen molar-refractivity contribution in [1.82, 2.24) is 4.90 Å². The number of anilines is 1. The molecule has 0 aliphatic carbocycles. The minimum absolute atomic E-state index is 0.266. The van der Waals surface area contributed by atoms with Gasteiger partial charge >= 0.3 is 12.1 Å². The number of hydrogen-bond acceptors (Lipinski definition) is 6. The van der Waals surface area contributed by atoms with Gasteiger partial charge in [0.05, 0.1) is 13.2 Å². The van der Waals surface area contributed by atoms with Crippen molar-refractivity contribution in [2.24, 2.45) is 0 Å². The zero-order valence-corrected chi connectivity index (χ0v) is 19.9. The molecule has 1 N–H and O–H groups in total. The lowest BCUT2D eigenvalue weighted by Crippen LogP contribution is -2.52. The SMILES string of the molecule is COCCOCOC(=O)N(CCCc1ccccc1)[C@H]1CCc2ccccc2N(CC(=O)O)C1=O. The number of carbonyl (C=O) groups is 3. The van der Waals surface area contributed by atoms with Gasteiger partial charge in [0.15, 0.2) is 6.79 Å². The smallest absolute Gasteiger partial charge is 0.412 e. The number of amides is 2. The number of carbonyl (C=O) groups excluding carboxylic acids is 2. The van der Waals surface area contributed by atoms with Crippen LogP contribution in [0.4, 0.5) is 10.5 Å². The second kappa shape index (κ2) is 13.5. The number of benzene rings is 2. The number of fused-ring (bicyclic) bond motifs is 1. The van der Waals surface area contributed by atoms with Crippen molar-refractivity contribution in [1.29, 1.82) is 0 Å². The Morgan fingerprint density at radius 1 is 1.09 bits per heavy atom. The average molecular weight is 485 g/mol. The van der Waals surface area contributed by atoms with Crippen molar-refractivity contribution in [2.75, 3.05) is 45.1 Å². The summed E-state index contributed by atoms with van der Waals surface area (Å²) >= 11 is 0. The number of hydrogen-bond donors (Lipinski definition) is 1. The lowest BCUT2D eigenvalue weighted by atomic mass is 10.0.